The van der Waals surface area contributed by atoms with Crippen LogP contribution in [0.5, 0.6) is 5.75 Å². The molecule has 2 aromatic heterocycles. The van der Waals surface area contributed by atoms with Crippen molar-refractivity contribution in [2.45, 2.75) is 6.92 Å². The Kier molecular flexibility index (Phi) is 5.13. The number of benzene rings is 1. The maximum atomic E-state index is 12.0. The Bertz CT molecular complexity index is 1020. The second-order valence-electron chi connectivity index (χ2n) is 5.86. The number of rotatable bonds is 6. The van der Waals surface area contributed by atoms with E-state index in [1.54, 1.807) is 19.4 Å². The first-order valence-corrected chi connectivity index (χ1v) is 8.25. The molecule has 0 aliphatic carbocycles. The van der Waals surface area contributed by atoms with Gasteiger partial charge in [0.1, 0.15) is 22.9 Å². The van der Waals surface area contributed by atoms with Crippen LogP contribution in [-0.2, 0) is 0 Å². The Hall–Kier alpha value is -3.72. The lowest BCUT2D eigenvalue weighted by Gasteiger charge is -2.06. The van der Waals surface area contributed by atoms with Crippen molar-refractivity contribution >= 4 is 11.5 Å². The number of hydrogen-bond acceptors (Lipinski definition) is 4. The number of nitrogens with one attached hydrogen (secondary N) is 2. The van der Waals surface area contributed by atoms with Crippen LogP contribution in [0.2, 0.25) is 0 Å². The van der Waals surface area contributed by atoms with Crippen molar-refractivity contribution in [1.29, 1.82) is 0 Å². The number of aromatic nitrogens is 2. The summed E-state index contributed by atoms with van der Waals surface area (Å²) in [4.78, 5) is 15.0. The summed E-state index contributed by atoms with van der Waals surface area (Å²) < 4.78 is 10.6. The largest absolute Gasteiger partial charge is 0.497 e. The fourth-order valence-corrected chi connectivity index (χ4v) is 2.74. The van der Waals surface area contributed by atoms with Crippen LogP contribution >= 0.6 is 0 Å². The number of carbonyl (C=O) groups is 1. The third-order valence-electron chi connectivity index (χ3n) is 4.16. The van der Waals surface area contributed by atoms with Gasteiger partial charge in [-0.15, -0.1) is 6.42 Å². The van der Waals surface area contributed by atoms with E-state index in [1.807, 2.05) is 31.2 Å². The van der Waals surface area contributed by atoms with Gasteiger partial charge in [-0.3, -0.25) is 4.79 Å². The molecule has 0 unspecified atom stereocenters. The first-order valence-electron chi connectivity index (χ1n) is 8.25. The summed E-state index contributed by atoms with van der Waals surface area (Å²) in [6, 6.07) is 9.25. The molecule has 3 rings (SSSR count). The lowest BCUT2D eigenvalue weighted by Crippen LogP contribution is -2.23. The number of aryl methyl sites for hydroxylation is 1. The number of ether oxygens (including phenoxy) is 1. The van der Waals surface area contributed by atoms with Gasteiger partial charge in [-0.1, -0.05) is 17.7 Å². The van der Waals surface area contributed by atoms with Crippen LogP contribution in [0, 0.1) is 19.3 Å². The fraction of sp³-hybridized carbons (Fsp3) is 0.143. The summed E-state index contributed by atoms with van der Waals surface area (Å²) in [5.41, 5.74) is 4.22. The van der Waals surface area contributed by atoms with Gasteiger partial charge in [0.25, 0.3) is 5.91 Å². The summed E-state index contributed by atoms with van der Waals surface area (Å²) >= 11 is 0. The van der Waals surface area contributed by atoms with Crippen molar-refractivity contribution in [2.75, 3.05) is 13.7 Å². The van der Waals surface area contributed by atoms with Gasteiger partial charge in [-0.05, 0) is 42.8 Å². The number of nitrogens with zero attached hydrogens (tertiary/aromatic N) is 1. The Labute approximate surface area is 157 Å². The van der Waals surface area contributed by atoms with Crippen molar-refractivity contribution in [3.63, 3.8) is 0 Å². The van der Waals surface area contributed by atoms with Crippen LogP contribution in [0.1, 0.15) is 27.4 Å². The van der Waals surface area contributed by atoms with Gasteiger partial charge in [0.2, 0.25) is 0 Å². The highest BCUT2D eigenvalue weighted by Crippen LogP contribution is 2.34. The number of H-pyrrole nitrogens is 1. The van der Waals surface area contributed by atoms with Crippen molar-refractivity contribution in [2.24, 2.45) is 0 Å². The second kappa shape index (κ2) is 7.67. The average molecular weight is 361 g/mol. The quantitative estimate of drug-likeness (QED) is 0.660. The molecular weight excluding hydrogens is 342 g/mol. The molecule has 2 N–H and O–H groups in total. The van der Waals surface area contributed by atoms with E-state index in [0.29, 0.717) is 22.7 Å². The Balaban J connectivity index is 1.92. The van der Waals surface area contributed by atoms with E-state index >= 15 is 0 Å². The molecule has 1 amide bonds. The number of hydrogen-bond donors (Lipinski definition) is 2. The highest BCUT2D eigenvalue weighted by Gasteiger charge is 2.20. The zero-order chi connectivity index (χ0) is 19.4. The van der Waals surface area contributed by atoms with Gasteiger partial charge in [0, 0.05) is 17.3 Å². The van der Waals surface area contributed by atoms with Gasteiger partial charge in [-0.25, -0.2) is 0 Å². The number of carbonyl (C=O) groups excluding carboxylic acids is 1. The number of terminal acetylenes is 1. The van der Waals surface area contributed by atoms with Crippen LogP contribution in [0.15, 0.2) is 47.6 Å². The lowest BCUT2D eigenvalue weighted by molar-refractivity contribution is 0.0954. The number of aromatic amines is 1. The monoisotopic (exact) mass is 361 g/mol. The third-order valence-corrected chi connectivity index (χ3v) is 4.16. The predicted molar refractivity (Wildman–Crippen MR) is 103 cm³/mol. The van der Waals surface area contributed by atoms with Crippen LogP contribution in [0.25, 0.3) is 16.8 Å². The second-order valence-corrected chi connectivity index (χ2v) is 5.86. The lowest BCUT2D eigenvalue weighted by atomic mass is 9.96. The van der Waals surface area contributed by atoms with E-state index in [2.05, 4.69) is 28.0 Å². The van der Waals surface area contributed by atoms with Crippen molar-refractivity contribution < 1.29 is 14.1 Å². The molecule has 0 bridgehead atoms. The van der Waals surface area contributed by atoms with E-state index in [4.69, 9.17) is 15.7 Å². The molecule has 136 valence electrons. The van der Waals surface area contributed by atoms with E-state index in [1.165, 1.54) is 0 Å². The average Bonchev–Trinajstić information content (AvgIpc) is 3.33. The van der Waals surface area contributed by atoms with E-state index in [-0.39, 0.29) is 12.5 Å². The van der Waals surface area contributed by atoms with Gasteiger partial charge in [-0.2, -0.15) is 0 Å². The smallest absolute Gasteiger partial charge is 0.268 e. The molecule has 0 aliphatic heterocycles. The molecule has 1 aromatic carbocycles. The molecule has 0 saturated carbocycles. The normalized spacial score (nSPS) is 10.3. The summed E-state index contributed by atoms with van der Waals surface area (Å²) in [5.74, 6) is 3.50. The van der Waals surface area contributed by atoms with Crippen molar-refractivity contribution in [1.82, 2.24) is 15.5 Å². The fourth-order valence-electron chi connectivity index (χ4n) is 2.74. The van der Waals surface area contributed by atoms with Gasteiger partial charge >= 0.3 is 0 Å². The minimum atomic E-state index is -0.274. The minimum Gasteiger partial charge on any atom is -0.497 e. The SMILES string of the molecule is C#CCNC(=O)c1cc(C(=C)c2c(-c3ccc(OC)cc3)noc2C)c[nH]1. The third kappa shape index (κ3) is 3.62. The van der Waals surface area contributed by atoms with Crippen molar-refractivity contribution in [3.05, 3.63) is 65.7 Å². The number of amides is 1. The highest BCUT2D eigenvalue weighted by atomic mass is 16.5. The topological polar surface area (TPSA) is 80.2 Å². The summed E-state index contributed by atoms with van der Waals surface area (Å²) in [6.07, 6.45) is 6.88. The Morgan fingerprint density at radius 1 is 1.41 bits per heavy atom. The summed E-state index contributed by atoms with van der Waals surface area (Å²) in [7, 11) is 1.62. The molecule has 2 heterocycles. The molecule has 3 aromatic rings. The minimum absolute atomic E-state index is 0.167. The van der Waals surface area contributed by atoms with E-state index in [0.717, 1.165) is 22.4 Å². The molecule has 0 atom stereocenters. The molecule has 27 heavy (non-hydrogen) atoms. The van der Waals surface area contributed by atoms with Gasteiger partial charge < -0.3 is 19.6 Å². The maximum Gasteiger partial charge on any atom is 0.268 e. The van der Waals surface area contributed by atoms with E-state index < -0.39 is 0 Å². The van der Waals surface area contributed by atoms with Gasteiger partial charge in [0.15, 0.2) is 0 Å². The highest BCUT2D eigenvalue weighted by molar-refractivity contribution is 5.95. The zero-order valence-electron chi connectivity index (χ0n) is 15.1. The molecule has 0 fully saturated rings. The van der Waals surface area contributed by atoms with Gasteiger partial charge in [0.05, 0.1) is 19.2 Å². The van der Waals surface area contributed by atoms with Crippen LogP contribution in [0.3, 0.4) is 0 Å². The summed E-state index contributed by atoms with van der Waals surface area (Å²) in [5, 5.41) is 6.80. The first-order chi connectivity index (χ1) is 13.0. The molecule has 0 saturated heterocycles. The Morgan fingerprint density at radius 2 is 2.15 bits per heavy atom. The Morgan fingerprint density at radius 3 is 2.81 bits per heavy atom. The molecule has 0 spiro atoms. The first kappa shape index (κ1) is 18.1. The molecule has 6 nitrogen and oxygen atoms in total. The standard InChI is InChI=1S/C21H19N3O3/c1-5-10-22-21(25)18-11-16(12-23-18)13(2)19-14(3)27-24-20(19)15-6-8-17(26-4)9-7-15/h1,6-9,11-12,23H,2,10H2,3-4H3,(H,22,25). The molecular formula is C21H19N3O3. The van der Waals surface area contributed by atoms with Crippen LogP contribution < -0.4 is 10.1 Å². The zero-order valence-corrected chi connectivity index (χ0v) is 15.1. The molecule has 0 aliphatic rings. The van der Waals surface area contributed by atoms with Crippen LogP contribution in [-0.4, -0.2) is 29.7 Å². The van der Waals surface area contributed by atoms with Crippen molar-refractivity contribution in [3.8, 4) is 29.4 Å². The predicted octanol–water partition coefficient (Wildman–Crippen LogP) is 3.41. The molecule has 6 heteroatoms. The molecule has 0 radical (unpaired) electrons. The van der Waals surface area contributed by atoms with E-state index in [9.17, 15) is 4.79 Å². The number of methoxy groups -OCH3 is 1. The summed E-state index contributed by atoms with van der Waals surface area (Å²) in [6.45, 7) is 6.17. The maximum absolute atomic E-state index is 12.0. The van der Waals surface area contributed by atoms with Crippen LogP contribution in [0.4, 0.5) is 0 Å².